The fraction of sp³-hybridized carbons (Fsp3) is 0.879. The van der Waals surface area contributed by atoms with E-state index in [1.807, 2.05) is 0 Å². The number of hydrogen-bond donors (Lipinski definition) is 5. The molecule has 27 heteroatoms. The van der Waals surface area contributed by atoms with Crippen molar-refractivity contribution in [3.8, 4) is 0 Å². The topological polar surface area (TPSA) is 259 Å². The summed E-state index contributed by atoms with van der Waals surface area (Å²) in [6.45, 7) is 20.4. The minimum Gasteiger partial charge on any atom is -0.394 e. The van der Waals surface area contributed by atoms with Crippen LogP contribution in [0, 0.1) is 11.8 Å². The molecule has 5 N–H and O–H groups in total. The molecule has 5 atom stereocenters. The third-order valence-electron chi connectivity index (χ3n) is 6.25. The zero-order chi connectivity index (χ0) is 46.8. The Balaban J connectivity index is -0.000000769. The summed E-state index contributed by atoms with van der Waals surface area (Å²) in [6, 6.07) is 0. The molecule has 0 aromatic carbocycles. The van der Waals surface area contributed by atoms with Gasteiger partial charge in [-0.25, -0.2) is 0 Å². The van der Waals surface area contributed by atoms with Gasteiger partial charge in [0, 0.05) is 13.2 Å². The summed E-state index contributed by atoms with van der Waals surface area (Å²) in [5.74, 6) is 1.22. The van der Waals surface area contributed by atoms with E-state index in [9.17, 15) is 53.4 Å². The van der Waals surface area contributed by atoms with Gasteiger partial charge in [0.2, 0.25) is 0 Å². The third-order valence-corrected chi connectivity index (χ3v) is 12.9. The Labute approximate surface area is 359 Å². The molecule has 2 rings (SSSR count). The molecule has 0 aliphatic carbocycles. The van der Waals surface area contributed by atoms with E-state index in [2.05, 4.69) is 50.6 Å². The van der Waals surface area contributed by atoms with Crippen molar-refractivity contribution >= 4 is 42.2 Å². The van der Waals surface area contributed by atoms with Crippen molar-refractivity contribution in [1.82, 2.24) is 0 Å². The fourth-order valence-electron chi connectivity index (χ4n) is 2.73. The summed E-state index contributed by atoms with van der Waals surface area (Å²) in [4.78, 5) is 0. The zero-order valence-electron chi connectivity index (χ0n) is 34.1. The van der Waals surface area contributed by atoms with Crippen LogP contribution in [0.25, 0.3) is 0 Å². The molecule has 0 aromatic rings. The molecule has 2 saturated heterocycles. The number of ether oxygens (including phenoxy) is 7. The van der Waals surface area contributed by atoms with Crippen LogP contribution in [-0.2, 0) is 58.4 Å². The van der Waals surface area contributed by atoms with E-state index in [-0.39, 0.29) is 45.2 Å². The van der Waals surface area contributed by atoms with Gasteiger partial charge in [-0.1, -0.05) is 39.8 Å². The summed E-state index contributed by atoms with van der Waals surface area (Å²) in [6.07, 6.45) is 4.05. The van der Waals surface area contributed by atoms with Crippen molar-refractivity contribution in [2.24, 2.45) is 11.8 Å². The smallest absolute Gasteiger partial charge is 0.104 e. The molecular formula is C33H62F6O18S2Sn. The second-order valence-corrected chi connectivity index (χ2v) is 19.3. The van der Waals surface area contributed by atoms with Gasteiger partial charge in [-0.3, -0.25) is 0 Å². The van der Waals surface area contributed by atoms with Crippen LogP contribution in [-0.4, -0.2) is 198 Å². The van der Waals surface area contributed by atoms with Crippen LogP contribution >= 0.6 is 0 Å². The molecule has 0 amide bonds. The Hall–Kier alpha value is -0.801. The minimum absolute atomic E-state index is 0.0619. The molecule has 60 heavy (non-hydrogen) atoms. The van der Waals surface area contributed by atoms with E-state index in [1.165, 1.54) is 0 Å². The quantitative estimate of drug-likeness (QED) is 0.0186. The standard InChI is InChI=1S/C17H34O7.C6H10O2.C5H12O.C3H6O2.2CHF3O3S.Sn/c1-4-6-21-11-17(12-22-7-5-14(2)3)24-13-16(9-19)23-10-15(20)8-18;1-2-3-7-4-6-5-8-6;1-5(2)3-4-6;4-1-3-2-5-3;2*2-1(3,4)8(5,6)7;/h4,14-20H,1,5-13H2,2-3H3;2,6H,1,3-5H2;5-6H,3-4H2,1-2H3;3-4H,1-2H2;2*(H,5,6,7);/q;;;;;;+2/p-2. The Morgan fingerprint density at radius 3 is 1.52 bits per heavy atom. The van der Waals surface area contributed by atoms with Crippen molar-refractivity contribution in [1.29, 1.82) is 0 Å². The second-order valence-electron chi connectivity index (χ2n) is 12.9. The van der Waals surface area contributed by atoms with Crippen LogP contribution in [0.2, 0.25) is 0 Å². The van der Waals surface area contributed by atoms with E-state index in [0.29, 0.717) is 57.6 Å². The second kappa shape index (κ2) is 36.5. The molecule has 0 spiro atoms. The minimum atomic E-state index is -6.15. The van der Waals surface area contributed by atoms with Crippen molar-refractivity contribution < 1.29 is 107 Å². The van der Waals surface area contributed by atoms with E-state index in [4.69, 9.17) is 43.7 Å². The van der Waals surface area contributed by atoms with Crippen molar-refractivity contribution in [3.63, 3.8) is 0 Å². The number of rotatable bonds is 28. The zero-order valence-corrected chi connectivity index (χ0v) is 38.5. The number of hydrogen-bond acceptors (Lipinski definition) is 18. The molecule has 360 valence electrons. The molecule has 2 aliphatic heterocycles. The maximum absolute atomic E-state index is 11.6. The SMILES string of the molecule is C=CCOCC(COCCC(C)C)OCC(CO)OCC(O)CO.C=CCOCC1CO1.CC(C)CCO.O=S(=O)([O][Sn][O]S(=O)(=O)C(F)(F)F)C(F)(F)F.OCC1CO1. The molecule has 2 heterocycles. The van der Waals surface area contributed by atoms with E-state index in [0.717, 1.165) is 32.7 Å². The molecule has 0 saturated carbocycles. The molecular weight excluding hydrogens is 981 g/mol. The van der Waals surface area contributed by atoms with E-state index >= 15 is 0 Å². The largest absolute Gasteiger partial charge is 0.394 e. The molecule has 2 fully saturated rings. The van der Waals surface area contributed by atoms with Gasteiger partial charge in [0.25, 0.3) is 0 Å². The Morgan fingerprint density at radius 2 is 1.17 bits per heavy atom. The van der Waals surface area contributed by atoms with Crippen LogP contribution in [0.1, 0.15) is 40.5 Å². The van der Waals surface area contributed by atoms with Crippen molar-refractivity contribution in [2.75, 3.05) is 92.5 Å². The summed E-state index contributed by atoms with van der Waals surface area (Å²) in [7, 11) is -12.3. The summed E-state index contributed by atoms with van der Waals surface area (Å²) in [5.41, 5.74) is -11.7. The summed E-state index contributed by atoms with van der Waals surface area (Å²) in [5, 5.41) is 43.6. The molecule has 2 aliphatic rings. The van der Waals surface area contributed by atoms with E-state index in [1.54, 1.807) is 12.2 Å². The van der Waals surface area contributed by atoms with Gasteiger partial charge >= 0.3 is 101 Å². The number of epoxide rings is 2. The predicted octanol–water partition coefficient (Wildman–Crippen LogP) is 1.61. The number of alkyl halides is 6. The van der Waals surface area contributed by atoms with Crippen LogP contribution in [0.15, 0.2) is 25.3 Å². The average Bonchev–Trinajstić information content (AvgIpc) is 4.09. The molecule has 2 radical (unpaired) electrons. The fourth-order valence-corrected chi connectivity index (χ4v) is 7.08. The van der Waals surface area contributed by atoms with Crippen molar-refractivity contribution in [3.05, 3.63) is 25.3 Å². The van der Waals surface area contributed by atoms with Crippen LogP contribution in [0.3, 0.4) is 0 Å². The van der Waals surface area contributed by atoms with Crippen LogP contribution < -0.4 is 0 Å². The summed E-state index contributed by atoms with van der Waals surface area (Å²) < 4.78 is 153. The first-order valence-corrected chi connectivity index (χ1v) is 23.3. The van der Waals surface area contributed by atoms with Crippen molar-refractivity contribution in [2.45, 2.75) is 82.1 Å². The Bertz CT molecular complexity index is 1210. The maximum Gasteiger partial charge on any atom is 0.104 e. The number of aliphatic hydroxyl groups excluding tert-OH is 5. The van der Waals surface area contributed by atoms with Gasteiger partial charge in [0.05, 0.1) is 79.3 Å². The number of aliphatic hydroxyl groups is 5. The van der Waals surface area contributed by atoms with Gasteiger partial charge in [0.15, 0.2) is 0 Å². The van der Waals surface area contributed by atoms with Gasteiger partial charge in [0.1, 0.15) is 30.5 Å². The van der Waals surface area contributed by atoms with Crippen LogP contribution in [0.4, 0.5) is 26.3 Å². The first kappa shape index (κ1) is 63.5. The number of halogens is 6. The summed E-state index contributed by atoms with van der Waals surface area (Å²) >= 11 is -3.86. The third kappa shape index (κ3) is 40.0. The first-order valence-electron chi connectivity index (χ1n) is 18.1. The molecule has 0 aromatic heterocycles. The van der Waals surface area contributed by atoms with Gasteiger partial charge in [-0.05, 0) is 24.7 Å². The van der Waals surface area contributed by atoms with Crippen LogP contribution in [0.5, 0.6) is 0 Å². The molecule has 5 unspecified atom stereocenters. The molecule has 0 bridgehead atoms. The van der Waals surface area contributed by atoms with E-state index < -0.39 is 65.4 Å². The maximum atomic E-state index is 11.6. The van der Waals surface area contributed by atoms with Gasteiger partial charge in [-0.2, -0.15) is 0 Å². The monoisotopic (exact) mass is 1040 g/mol. The first-order chi connectivity index (χ1) is 27.9. The van der Waals surface area contributed by atoms with Gasteiger partial charge < -0.3 is 58.7 Å². The Kier molecular flexibility index (Phi) is 38.7. The average molecular weight is 1040 g/mol. The normalized spacial score (nSPS) is 17.6. The molecule has 18 nitrogen and oxygen atoms in total. The van der Waals surface area contributed by atoms with Gasteiger partial charge in [-0.15, -0.1) is 13.2 Å². The Morgan fingerprint density at radius 1 is 0.700 bits per heavy atom. The predicted molar refractivity (Wildman–Crippen MR) is 203 cm³/mol.